The summed E-state index contributed by atoms with van der Waals surface area (Å²) in [5.74, 6) is 0.785. The van der Waals surface area contributed by atoms with Gasteiger partial charge < -0.3 is 10.8 Å². The van der Waals surface area contributed by atoms with E-state index < -0.39 is 0 Å². The summed E-state index contributed by atoms with van der Waals surface area (Å²) >= 11 is 5.82. The molecular formula is C10H12ClNO. The highest BCUT2D eigenvalue weighted by Crippen LogP contribution is 2.42. The van der Waals surface area contributed by atoms with Crippen molar-refractivity contribution in [3.05, 3.63) is 28.8 Å². The summed E-state index contributed by atoms with van der Waals surface area (Å²) in [6.45, 7) is 0. The van der Waals surface area contributed by atoms with E-state index >= 15 is 0 Å². The fourth-order valence-corrected chi connectivity index (χ4v) is 1.68. The number of nitrogens with two attached hydrogens (primary N) is 1. The van der Waals surface area contributed by atoms with Crippen molar-refractivity contribution in [1.29, 1.82) is 0 Å². The van der Waals surface area contributed by atoms with E-state index in [1.807, 2.05) is 0 Å². The summed E-state index contributed by atoms with van der Waals surface area (Å²) in [5.41, 5.74) is 6.72. The van der Waals surface area contributed by atoms with E-state index in [4.69, 9.17) is 17.3 Å². The minimum atomic E-state index is -0.0568. The predicted octanol–water partition coefficient (Wildman–Crippen LogP) is 2.46. The SMILES string of the molecule is N[C@@H](c1cc(Cl)ccc1O)C1CC1. The lowest BCUT2D eigenvalue weighted by Crippen LogP contribution is -2.12. The molecule has 0 amide bonds. The molecule has 0 spiro atoms. The number of hydrogen-bond acceptors (Lipinski definition) is 2. The lowest BCUT2D eigenvalue weighted by Gasteiger charge is -2.12. The molecular weight excluding hydrogens is 186 g/mol. The second-order valence-corrected chi connectivity index (χ2v) is 4.00. The first kappa shape index (κ1) is 8.85. The van der Waals surface area contributed by atoms with Gasteiger partial charge in [-0.1, -0.05) is 11.6 Å². The fraction of sp³-hybridized carbons (Fsp3) is 0.400. The third kappa shape index (κ3) is 1.79. The molecule has 0 bridgehead atoms. The van der Waals surface area contributed by atoms with Crippen molar-refractivity contribution in [3.8, 4) is 5.75 Å². The minimum Gasteiger partial charge on any atom is -0.508 e. The van der Waals surface area contributed by atoms with Gasteiger partial charge in [-0.05, 0) is 37.0 Å². The van der Waals surface area contributed by atoms with E-state index in [0.717, 1.165) is 18.4 Å². The van der Waals surface area contributed by atoms with Gasteiger partial charge in [0.15, 0.2) is 0 Å². The Morgan fingerprint density at radius 3 is 2.77 bits per heavy atom. The van der Waals surface area contributed by atoms with Crippen LogP contribution < -0.4 is 5.73 Å². The monoisotopic (exact) mass is 197 g/mol. The maximum Gasteiger partial charge on any atom is 0.120 e. The first-order valence-corrected chi connectivity index (χ1v) is 4.80. The highest BCUT2D eigenvalue weighted by molar-refractivity contribution is 6.30. The molecule has 1 aliphatic rings. The molecule has 0 radical (unpaired) electrons. The van der Waals surface area contributed by atoms with Gasteiger partial charge in [0.2, 0.25) is 0 Å². The summed E-state index contributed by atoms with van der Waals surface area (Å²) in [5, 5.41) is 10.2. The van der Waals surface area contributed by atoms with E-state index in [1.165, 1.54) is 0 Å². The third-order valence-corrected chi connectivity index (χ3v) is 2.71. The lowest BCUT2D eigenvalue weighted by molar-refractivity contribution is 0.456. The zero-order valence-corrected chi connectivity index (χ0v) is 7.96. The normalized spacial score (nSPS) is 18.6. The molecule has 0 aromatic heterocycles. The third-order valence-electron chi connectivity index (χ3n) is 2.48. The number of hydrogen-bond donors (Lipinski definition) is 2. The number of halogens is 1. The predicted molar refractivity (Wildman–Crippen MR) is 52.8 cm³/mol. The van der Waals surface area contributed by atoms with Crippen LogP contribution in [-0.2, 0) is 0 Å². The molecule has 1 aromatic carbocycles. The number of rotatable bonds is 2. The lowest BCUT2D eigenvalue weighted by atomic mass is 10.0. The topological polar surface area (TPSA) is 46.2 Å². The van der Waals surface area contributed by atoms with Gasteiger partial charge in [-0.2, -0.15) is 0 Å². The Hall–Kier alpha value is -0.730. The maximum absolute atomic E-state index is 9.54. The fourth-order valence-electron chi connectivity index (χ4n) is 1.50. The summed E-state index contributed by atoms with van der Waals surface area (Å²) in [4.78, 5) is 0. The van der Waals surface area contributed by atoms with Crippen LogP contribution in [0.3, 0.4) is 0 Å². The van der Waals surface area contributed by atoms with Crippen molar-refractivity contribution in [2.75, 3.05) is 0 Å². The van der Waals surface area contributed by atoms with Crippen molar-refractivity contribution < 1.29 is 5.11 Å². The molecule has 1 aliphatic carbocycles. The number of benzene rings is 1. The second-order valence-electron chi connectivity index (χ2n) is 3.57. The van der Waals surface area contributed by atoms with Gasteiger partial charge in [0, 0.05) is 16.6 Å². The molecule has 0 heterocycles. The molecule has 2 nitrogen and oxygen atoms in total. The van der Waals surface area contributed by atoms with E-state index in [0.29, 0.717) is 10.9 Å². The molecule has 1 aromatic rings. The number of phenols is 1. The Balaban J connectivity index is 2.31. The molecule has 1 fully saturated rings. The molecule has 1 atom stereocenters. The van der Waals surface area contributed by atoms with Crippen LogP contribution in [0, 0.1) is 5.92 Å². The van der Waals surface area contributed by atoms with Gasteiger partial charge in [-0.15, -0.1) is 0 Å². The van der Waals surface area contributed by atoms with Crippen molar-refractivity contribution in [1.82, 2.24) is 0 Å². The molecule has 3 N–H and O–H groups in total. The van der Waals surface area contributed by atoms with Crippen molar-refractivity contribution in [2.45, 2.75) is 18.9 Å². The van der Waals surface area contributed by atoms with Crippen molar-refractivity contribution >= 4 is 11.6 Å². The number of phenolic OH excluding ortho intramolecular Hbond substituents is 1. The molecule has 70 valence electrons. The van der Waals surface area contributed by atoms with Crippen LogP contribution in [0.1, 0.15) is 24.4 Å². The van der Waals surface area contributed by atoms with Gasteiger partial charge in [0.25, 0.3) is 0 Å². The van der Waals surface area contributed by atoms with Gasteiger partial charge in [0.05, 0.1) is 0 Å². The zero-order chi connectivity index (χ0) is 9.42. The summed E-state index contributed by atoms with van der Waals surface area (Å²) in [6, 6.07) is 4.96. The zero-order valence-electron chi connectivity index (χ0n) is 7.20. The van der Waals surface area contributed by atoms with Gasteiger partial charge in [0.1, 0.15) is 5.75 Å². The highest BCUT2D eigenvalue weighted by Gasteiger charge is 2.30. The van der Waals surface area contributed by atoms with Crippen LogP contribution in [0.5, 0.6) is 5.75 Å². The van der Waals surface area contributed by atoms with Crippen LogP contribution in [-0.4, -0.2) is 5.11 Å². The van der Waals surface area contributed by atoms with Gasteiger partial charge >= 0.3 is 0 Å². The Morgan fingerprint density at radius 1 is 1.46 bits per heavy atom. The van der Waals surface area contributed by atoms with Crippen LogP contribution in [0.2, 0.25) is 5.02 Å². The van der Waals surface area contributed by atoms with Crippen molar-refractivity contribution in [3.63, 3.8) is 0 Å². The molecule has 2 rings (SSSR count). The Labute approximate surface area is 82.3 Å². The van der Waals surface area contributed by atoms with E-state index in [9.17, 15) is 5.11 Å². The van der Waals surface area contributed by atoms with Gasteiger partial charge in [-0.25, -0.2) is 0 Å². The Morgan fingerprint density at radius 2 is 2.15 bits per heavy atom. The summed E-state index contributed by atoms with van der Waals surface area (Å²) < 4.78 is 0. The van der Waals surface area contributed by atoms with Crippen LogP contribution >= 0.6 is 11.6 Å². The average molecular weight is 198 g/mol. The van der Waals surface area contributed by atoms with E-state index in [-0.39, 0.29) is 11.8 Å². The molecule has 3 heteroatoms. The first-order chi connectivity index (χ1) is 6.18. The highest BCUT2D eigenvalue weighted by atomic mass is 35.5. The smallest absolute Gasteiger partial charge is 0.120 e. The van der Waals surface area contributed by atoms with Crippen LogP contribution in [0.15, 0.2) is 18.2 Å². The van der Waals surface area contributed by atoms with E-state index in [1.54, 1.807) is 18.2 Å². The largest absolute Gasteiger partial charge is 0.508 e. The Bertz CT molecular complexity index is 323. The van der Waals surface area contributed by atoms with Gasteiger partial charge in [-0.3, -0.25) is 0 Å². The quantitative estimate of drug-likeness (QED) is 0.765. The summed E-state index contributed by atoms with van der Waals surface area (Å²) in [6.07, 6.45) is 2.32. The first-order valence-electron chi connectivity index (χ1n) is 4.42. The maximum atomic E-state index is 9.54. The second kappa shape index (κ2) is 3.20. The minimum absolute atomic E-state index is 0.0568. The van der Waals surface area contributed by atoms with Crippen LogP contribution in [0.4, 0.5) is 0 Å². The van der Waals surface area contributed by atoms with Crippen LogP contribution in [0.25, 0.3) is 0 Å². The molecule has 1 saturated carbocycles. The Kier molecular flexibility index (Phi) is 2.18. The van der Waals surface area contributed by atoms with E-state index in [2.05, 4.69) is 0 Å². The van der Waals surface area contributed by atoms with Crippen molar-refractivity contribution in [2.24, 2.45) is 11.7 Å². The molecule has 0 unspecified atom stereocenters. The molecule has 13 heavy (non-hydrogen) atoms. The average Bonchev–Trinajstić information content (AvgIpc) is 2.91. The molecule has 0 saturated heterocycles. The summed E-state index contributed by atoms with van der Waals surface area (Å²) in [7, 11) is 0. The number of aromatic hydroxyl groups is 1. The molecule has 0 aliphatic heterocycles. The standard InChI is InChI=1S/C10H12ClNO/c11-7-3-4-9(13)8(5-7)10(12)6-1-2-6/h3-6,10,13H,1-2,12H2/t10-/m1/s1.